The van der Waals surface area contributed by atoms with Crippen LogP contribution in [-0.4, -0.2) is 513 Å². The molecule has 9 fully saturated rings. The van der Waals surface area contributed by atoms with Crippen LogP contribution in [-0.2, 0) is 109 Å². The van der Waals surface area contributed by atoms with Gasteiger partial charge in [-0.1, -0.05) is 0 Å². The van der Waals surface area contributed by atoms with Crippen LogP contribution in [0.5, 0.6) is 0 Å². The van der Waals surface area contributed by atoms with Crippen LogP contribution < -0.4 is 26.6 Å². The maximum Gasteiger partial charge on any atom is 0.217 e. The molecule has 9 heterocycles. The van der Waals surface area contributed by atoms with Crippen molar-refractivity contribution in [3.05, 3.63) is 0 Å². The average molecular weight is 1740 g/mol. The average Bonchev–Trinajstić information content (AvgIpc) is 0.790. The van der Waals surface area contributed by atoms with E-state index in [4.69, 9.17) is 85.3 Å². The van der Waals surface area contributed by atoms with Gasteiger partial charge in [0.2, 0.25) is 30.0 Å². The van der Waals surface area contributed by atoms with Gasteiger partial charge in [0.1, 0.15) is 219 Å². The summed E-state index contributed by atoms with van der Waals surface area (Å²) in [5.74, 6) is -3.64. The van der Waals surface area contributed by atoms with Crippen molar-refractivity contribution in [3.8, 4) is 0 Å². The quantitative estimate of drug-likeness (QED) is 0.0262. The Morgan fingerprint density at radius 1 is 0.277 bits per heavy atom. The predicted octanol–water partition coefficient (Wildman–Crippen LogP) is -20.9. The molecule has 30 N–H and O–H groups in total. The van der Waals surface area contributed by atoms with Gasteiger partial charge in [-0.15, -0.1) is 0 Å². The Morgan fingerprint density at radius 3 is 0.899 bits per heavy atom. The number of hydrogen-bond acceptors (Lipinski definition) is 48. The van der Waals surface area contributed by atoms with Crippen LogP contribution in [0.25, 0.3) is 0 Å². The minimum absolute atomic E-state index is 0.245. The molecular weight excluding hydrogens is 1630 g/mol. The van der Waals surface area contributed by atoms with Gasteiger partial charge in [-0.2, -0.15) is 0 Å². The maximum absolute atomic E-state index is 13.1. The van der Waals surface area contributed by atoms with Crippen LogP contribution in [0.15, 0.2) is 0 Å². The fourth-order valence-electron chi connectivity index (χ4n) is 15.0. The molecule has 0 unspecified atom stereocenters. The summed E-state index contributed by atoms with van der Waals surface area (Å²) in [5.41, 5.74) is 0. The number of carbonyl (C=O) groups is 5. The number of aliphatic hydroxyl groups is 25. The molecule has 0 spiro atoms. The van der Waals surface area contributed by atoms with Crippen molar-refractivity contribution >= 4 is 30.0 Å². The molecular formula is C66H111N5O48. The highest BCUT2D eigenvalue weighted by Crippen LogP contribution is 2.40. The van der Waals surface area contributed by atoms with Crippen molar-refractivity contribution in [1.29, 1.82) is 0 Å². The minimum Gasteiger partial charge on any atom is -0.394 e. The molecule has 9 saturated heterocycles. The van der Waals surface area contributed by atoms with E-state index in [1.165, 1.54) is 0 Å². The van der Waals surface area contributed by atoms with E-state index in [0.29, 0.717) is 0 Å². The van der Waals surface area contributed by atoms with Gasteiger partial charge in [0.05, 0.1) is 78.7 Å². The lowest BCUT2D eigenvalue weighted by Crippen LogP contribution is -2.71. The lowest BCUT2D eigenvalue weighted by molar-refractivity contribution is -0.389. The van der Waals surface area contributed by atoms with E-state index in [2.05, 4.69) is 26.6 Å². The number of carbonyl (C=O) groups excluding carboxylic acids is 5. The fraction of sp³-hybridized carbons (Fsp3) is 0.924. The van der Waals surface area contributed by atoms with Gasteiger partial charge in [0, 0.05) is 27.7 Å². The first kappa shape index (κ1) is 98.4. The largest absolute Gasteiger partial charge is 0.394 e. The molecule has 9 rings (SSSR count). The van der Waals surface area contributed by atoms with Gasteiger partial charge in [-0.3, -0.25) is 24.0 Å². The van der Waals surface area contributed by atoms with Gasteiger partial charge in [0.25, 0.3) is 0 Å². The predicted molar refractivity (Wildman–Crippen MR) is 367 cm³/mol. The van der Waals surface area contributed by atoms with E-state index in [-0.39, 0.29) is 6.41 Å². The molecule has 0 aromatic carbocycles. The third-order valence-electron chi connectivity index (χ3n) is 21.3. The minimum atomic E-state index is -2.51. The van der Waals surface area contributed by atoms with Crippen molar-refractivity contribution in [1.82, 2.24) is 26.6 Å². The summed E-state index contributed by atoms with van der Waals surface area (Å²) >= 11 is 0. The molecule has 119 heavy (non-hydrogen) atoms. The molecule has 688 valence electrons. The molecule has 9 aliphatic heterocycles. The van der Waals surface area contributed by atoms with E-state index in [1.807, 2.05) is 0 Å². The van der Waals surface area contributed by atoms with Crippen LogP contribution >= 0.6 is 0 Å². The monoisotopic (exact) mass is 1740 g/mol. The van der Waals surface area contributed by atoms with E-state index in [1.54, 1.807) is 0 Å². The van der Waals surface area contributed by atoms with E-state index in [9.17, 15) is 152 Å². The molecule has 46 atom stereocenters. The molecule has 0 radical (unpaired) electrons. The van der Waals surface area contributed by atoms with Crippen LogP contribution in [0.2, 0.25) is 0 Å². The Hall–Kier alpha value is -4.37. The highest BCUT2D eigenvalue weighted by atomic mass is 16.8. The molecule has 0 aromatic heterocycles. The van der Waals surface area contributed by atoms with E-state index in [0.717, 1.165) is 27.7 Å². The first-order valence-corrected chi connectivity index (χ1v) is 37.8. The van der Waals surface area contributed by atoms with E-state index >= 15 is 0 Å². The second-order valence-corrected chi connectivity index (χ2v) is 29.7. The molecule has 0 aliphatic carbocycles. The van der Waals surface area contributed by atoms with Crippen LogP contribution in [0.4, 0.5) is 0 Å². The van der Waals surface area contributed by atoms with Gasteiger partial charge in [-0.05, 0) is 0 Å². The molecule has 0 bridgehead atoms. The second-order valence-electron chi connectivity index (χ2n) is 29.7. The molecule has 0 saturated carbocycles. The lowest BCUT2D eigenvalue weighted by Gasteiger charge is -2.51. The molecule has 53 nitrogen and oxygen atoms in total. The zero-order valence-corrected chi connectivity index (χ0v) is 64.0. The highest BCUT2D eigenvalue weighted by molar-refractivity contribution is 5.74. The normalized spacial score (nSPS) is 46.9. The maximum atomic E-state index is 13.1. The van der Waals surface area contributed by atoms with Crippen molar-refractivity contribution in [2.75, 3.05) is 72.7 Å². The van der Waals surface area contributed by atoms with Gasteiger partial charge in [-0.25, -0.2) is 0 Å². The highest BCUT2D eigenvalue weighted by Gasteiger charge is 2.61. The van der Waals surface area contributed by atoms with Crippen LogP contribution in [0.3, 0.4) is 0 Å². The second kappa shape index (κ2) is 44.2. The summed E-state index contributed by atoms with van der Waals surface area (Å²) in [6.07, 6.45) is -83.1. The summed E-state index contributed by atoms with van der Waals surface area (Å²) in [7, 11) is 0. The number of rotatable bonds is 35. The fourth-order valence-corrected chi connectivity index (χ4v) is 15.0. The Morgan fingerprint density at radius 2 is 0.538 bits per heavy atom. The van der Waals surface area contributed by atoms with Crippen LogP contribution in [0.1, 0.15) is 27.7 Å². The van der Waals surface area contributed by atoms with E-state index < -0.39 is 378 Å². The summed E-state index contributed by atoms with van der Waals surface area (Å²) in [6, 6.07) is -8.43. The number of nitrogens with one attached hydrogen (secondary N) is 5. The standard InChI is InChI=1S/C66H111N5O48/c1-17(81)68-31-40(90)35(85)22(6-73)105-58(31)103-14-29-37(87)45(95)48(98)64(112-29)115-52-25(9-76)108-59(32(41(52)91)69-18(2)82)104-15-30-39(89)57(119-61-33(70-19(3)83)42(92)53(26(10-77)109-61)114-63-47(97)44(94)36(86)23(7-74)106-63)51(101)66(113-30)116-54-27(11-78)110-60(34(43(54)93)71-20(4)84)118-56-38(88)24(8-75)107-65(50(56)100)117-55-28(12-79)111-62(49(99)46(55)96)102-13-21(5-72)67-16-80/h16,21-66,72-79,85-101H,5-15H2,1-4H3,(H,67,80)(H,68,81)(H,69,82)(H,70,83)(H,71,84)/t21-,22-,23-,24-,25-,26-,27-,28-,29-,30-,31-,32-,33-,34-,35-,36+,37+,38+,39+,40-,41-,42-,43-,44+,45+,46-,47-,48-,49-,50-,51-,52-,53-,54-,55-,56+,57+,58-,59-,60+,61+,62-,63+,64+,65+,66+/m1/s1. The number of hydrogen-bond donors (Lipinski definition) is 30. The Labute approximate surface area is 674 Å². The molecule has 0 aromatic rings. The molecule has 9 aliphatic rings. The van der Waals surface area contributed by atoms with Crippen molar-refractivity contribution in [2.45, 2.75) is 310 Å². The third kappa shape index (κ3) is 22.7. The molecule has 5 amide bonds. The SMILES string of the molecule is CC(=O)N[C@H]1[C@H](OC[C@H]2O[C@@H](O[C@H]3[C@H](O)[C@@H](NC(C)=O)[C@H](O[C@H]4[C@@H](O)[C@@H](CO)O[C@@H](O[C@H]5[C@H](O)[C@@H](O)[C@H](OC[C@@H](CO)NC=O)O[C@@H]5CO)[C@@H]4O)O[C@@H]3CO)[C@H](O)[C@@H](O[C@@H]3O[C@H](CO)[C@@H](O[C@@H]4O[C@H](CO)[C@H](O)[C@H](O)[C@H]4O)[C@H](O)[C@H]3NC(C)=O)[C@H]2O)O[C@H](CO)[C@@H](O[C@@H]2O[C@H](CO[C@@H]3O[C@H](CO)[C@@H](O)[C@H](O)[C@H]3NC(C)=O)[C@H](O)[C@H](O)[C@H]2O)[C@@H]1O. The van der Waals surface area contributed by atoms with Crippen molar-refractivity contribution in [3.63, 3.8) is 0 Å². The summed E-state index contributed by atoms with van der Waals surface area (Å²) in [4.78, 5) is 62.3. The Balaban J connectivity index is 0.985. The topological polar surface area (TPSA) is 817 Å². The lowest BCUT2D eigenvalue weighted by atomic mass is 9.93. The van der Waals surface area contributed by atoms with Gasteiger partial charge in [0.15, 0.2) is 56.6 Å². The first-order valence-electron chi connectivity index (χ1n) is 37.8. The third-order valence-corrected chi connectivity index (χ3v) is 21.3. The molecule has 53 heteroatoms. The van der Waals surface area contributed by atoms with Crippen molar-refractivity contribution in [2.24, 2.45) is 0 Å². The summed E-state index contributed by atoms with van der Waals surface area (Å²) < 4.78 is 106. The Bertz CT molecular complexity index is 3160. The number of amides is 5. The Kier molecular flexibility index (Phi) is 36.5. The van der Waals surface area contributed by atoms with Gasteiger partial charge >= 0.3 is 0 Å². The van der Waals surface area contributed by atoms with Gasteiger partial charge < -0.3 is 240 Å². The smallest absolute Gasteiger partial charge is 0.217 e. The number of aliphatic hydroxyl groups excluding tert-OH is 25. The first-order chi connectivity index (χ1) is 56.4. The summed E-state index contributed by atoms with van der Waals surface area (Å²) in [6.45, 7) is -6.76. The van der Waals surface area contributed by atoms with Crippen LogP contribution in [0, 0.1) is 0 Å². The zero-order chi connectivity index (χ0) is 87.6. The summed E-state index contributed by atoms with van der Waals surface area (Å²) in [5, 5.41) is 289. The number of ether oxygens (including phenoxy) is 18. The zero-order valence-electron chi connectivity index (χ0n) is 64.0. The van der Waals surface area contributed by atoms with Crippen molar-refractivity contribution < 1.29 is 237 Å².